The summed E-state index contributed by atoms with van der Waals surface area (Å²) in [6, 6.07) is 0.0420. The van der Waals surface area contributed by atoms with E-state index in [1.807, 2.05) is 13.8 Å². The van der Waals surface area contributed by atoms with Crippen molar-refractivity contribution >= 4 is 36.6 Å². The molecule has 0 aliphatic carbocycles. The highest BCUT2D eigenvalue weighted by molar-refractivity contribution is 5.89. The van der Waals surface area contributed by atoms with Gasteiger partial charge >= 0.3 is 0 Å². The Morgan fingerprint density at radius 3 is 2.36 bits per heavy atom. The molecule has 0 aromatic rings. The zero-order chi connectivity index (χ0) is 14.5. The van der Waals surface area contributed by atoms with Crippen LogP contribution in [0.2, 0.25) is 0 Å². The number of carbonyl (C=O) groups is 2. The first-order chi connectivity index (χ1) is 9.65. The lowest BCUT2D eigenvalue weighted by Crippen LogP contribution is -2.62. The van der Waals surface area contributed by atoms with Crippen LogP contribution in [0.15, 0.2) is 0 Å². The van der Waals surface area contributed by atoms with Gasteiger partial charge in [-0.2, -0.15) is 0 Å². The van der Waals surface area contributed by atoms with E-state index in [4.69, 9.17) is 0 Å². The van der Waals surface area contributed by atoms with E-state index in [0.29, 0.717) is 32.2 Å². The number of hydrogen-bond donors (Lipinski definition) is 2. The predicted molar refractivity (Wildman–Crippen MR) is 91.8 cm³/mol. The van der Waals surface area contributed by atoms with E-state index in [9.17, 15) is 9.59 Å². The van der Waals surface area contributed by atoms with Crippen LogP contribution in [0.1, 0.15) is 26.7 Å². The maximum Gasteiger partial charge on any atom is 0.246 e. The highest BCUT2D eigenvalue weighted by Gasteiger charge is 2.34. The predicted octanol–water partition coefficient (Wildman–Crippen LogP) is 0.251. The smallest absolute Gasteiger partial charge is 0.246 e. The van der Waals surface area contributed by atoms with Crippen LogP contribution >= 0.6 is 24.8 Å². The number of likely N-dealkylation sites (N-methyl/N-ethyl adjacent to an activating group) is 1. The number of nitrogens with zero attached hydrogens (tertiary/aromatic N) is 2. The van der Waals surface area contributed by atoms with E-state index >= 15 is 0 Å². The van der Waals surface area contributed by atoms with Crippen molar-refractivity contribution in [2.75, 3.05) is 39.3 Å². The highest BCUT2D eigenvalue weighted by Crippen LogP contribution is 2.15. The normalized spacial score (nSPS) is 23.0. The van der Waals surface area contributed by atoms with Gasteiger partial charge in [-0.25, -0.2) is 0 Å². The maximum absolute atomic E-state index is 12.4. The lowest BCUT2D eigenvalue weighted by atomic mass is 10.0. The summed E-state index contributed by atoms with van der Waals surface area (Å²) in [5, 5.41) is 6.18. The van der Waals surface area contributed by atoms with Gasteiger partial charge in [-0.15, -0.1) is 24.8 Å². The van der Waals surface area contributed by atoms with Gasteiger partial charge in [0.05, 0.1) is 6.54 Å². The second kappa shape index (κ2) is 10.3. The summed E-state index contributed by atoms with van der Waals surface area (Å²) in [6.07, 6.45) is 2.11. The quantitative estimate of drug-likeness (QED) is 0.759. The third kappa shape index (κ3) is 5.26. The van der Waals surface area contributed by atoms with E-state index in [1.54, 1.807) is 4.90 Å². The zero-order valence-corrected chi connectivity index (χ0v) is 15.0. The lowest BCUT2D eigenvalue weighted by Gasteiger charge is -2.40. The molecule has 0 saturated carbocycles. The number of piperidine rings is 1. The molecule has 0 radical (unpaired) electrons. The number of nitrogens with one attached hydrogen (secondary N) is 2. The second-order valence-electron chi connectivity index (χ2n) is 5.54. The van der Waals surface area contributed by atoms with Gasteiger partial charge < -0.3 is 15.5 Å². The topological polar surface area (TPSA) is 64.7 Å². The van der Waals surface area contributed by atoms with E-state index < -0.39 is 0 Å². The molecule has 2 saturated heterocycles. The summed E-state index contributed by atoms with van der Waals surface area (Å²) in [5.74, 6) is 0.0160. The van der Waals surface area contributed by atoms with Gasteiger partial charge in [-0.05, 0) is 39.8 Å². The molecular formula is C14H28Cl2N4O2. The number of halogens is 2. The average molecular weight is 355 g/mol. The summed E-state index contributed by atoms with van der Waals surface area (Å²) in [7, 11) is 0. The van der Waals surface area contributed by atoms with Crippen LogP contribution in [0.25, 0.3) is 0 Å². The minimum Gasteiger partial charge on any atom is -0.342 e. The van der Waals surface area contributed by atoms with E-state index in [2.05, 4.69) is 15.5 Å². The van der Waals surface area contributed by atoms with Crippen LogP contribution in [-0.2, 0) is 9.59 Å². The first-order valence-electron chi connectivity index (χ1n) is 7.68. The summed E-state index contributed by atoms with van der Waals surface area (Å²) in [4.78, 5) is 28.3. The molecule has 1 atom stereocenters. The molecule has 6 nitrogen and oxygen atoms in total. The Labute approximate surface area is 145 Å². The molecule has 22 heavy (non-hydrogen) atoms. The van der Waals surface area contributed by atoms with Crippen LogP contribution in [0.3, 0.4) is 0 Å². The molecule has 130 valence electrons. The minimum absolute atomic E-state index is 0. The monoisotopic (exact) mass is 354 g/mol. The average Bonchev–Trinajstić information content (AvgIpc) is 2.48. The van der Waals surface area contributed by atoms with Crippen LogP contribution in [0.4, 0.5) is 0 Å². The Balaban J connectivity index is 0.00000220. The van der Waals surface area contributed by atoms with Crippen molar-refractivity contribution in [1.29, 1.82) is 0 Å². The number of piperazine rings is 1. The number of hydrogen-bond acceptors (Lipinski definition) is 4. The van der Waals surface area contributed by atoms with Crippen molar-refractivity contribution in [2.45, 2.75) is 38.8 Å². The van der Waals surface area contributed by atoms with E-state index in [-0.39, 0.29) is 42.7 Å². The van der Waals surface area contributed by atoms with E-state index in [1.165, 1.54) is 0 Å². The van der Waals surface area contributed by atoms with Crippen molar-refractivity contribution in [3.63, 3.8) is 0 Å². The summed E-state index contributed by atoms with van der Waals surface area (Å²) in [6.45, 7) is 8.38. The van der Waals surface area contributed by atoms with Gasteiger partial charge in [0.1, 0.15) is 6.04 Å². The summed E-state index contributed by atoms with van der Waals surface area (Å²) < 4.78 is 0. The molecule has 0 spiro atoms. The Hall–Kier alpha value is -0.560. The molecule has 2 heterocycles. The van der Waals surface area contributed by atoms with Crippen LogP contribution in [-0.4, -0.2) is 73.0 Å². The molecule has 8 heteroatoms. The minimum atomic E-state index is -0.383. The largest absolute Gasteiger partial charge is 0.342 e. The van der Waals surface area contributed by atoms with Crippen molar-refractivity contribution in [3.05, 3.63) is 0 Å². The second-order valence-corrected chi connectivity index (χ2v) is 5.54. The van der Waals surface area contributed by atoms with Gasteiger partial charge in [0, 0.05) is 25.7 Å². The van der Waals surface area contributed by atoms with Crippen molar-refractivity contribution in [3.8, 4) is 0 Å². The Morgan fingerprint density at radius 1 is 1.23 bits per heavy atom. The van der Waals surface area contributed by atoms with Gasteiger partial charge in [0.15, 0.2) is 0 Å². The fourth-order valence-corrected chi connectivity index (χ4v) is 3.11. The third-order valence-corrected chi connectivity index (χ3v) is 4.30. The van der Waals surface area contributed by atoms with Gasteiger partial charge in [-0.1, -0.05) is 0 Å². The lowest BCUT2D eigenvalue weighted by molar-refractivity contribution is -0.140. The molecule has 1 unspecified atom stereocenters. The molecule has 2 aliphatic heterocycles. The van der Waals surface area contributed by atoms with Crippen molar-refractivity contribution in [2.24, 2.45) is 0 Å². The standard InChI is InChI=1S/C14H26N4O2.2ClH/c1-3-17(4-2)14(20)12-9-18(10-13(19)16-12)11-5-7-15-8-6-11;;/h11-12,15H,3-10H2,1-2H3,(H,16,19);2*1H. The maximum atomic E-state index is 12.4. The van der Waals surface area contributed by atoms with Crippen molar-refractivity contribution < 1.29 is 9.59 Å². The number of rotatable bonds is 4. The highest BCUT2D eigenvalue weighted by atomic mass is 35.5. The van der Waals surface area contributed by atoms with Gasteiger partial charge in [0.25, 0.3) is 0 Å². The molecule has 2 N–H and O–H groups in total. The summed E-state index contributed by atoms with van der Waals surface area (Å²) >= 11 is 0. The first kappa shape index (κ1) is 21.4. The zero-order valence-electron chi connectivity index (χ0n) is 13.3. The Kier molecular flexibility index (Phi) is 10.00. The van der Waals surface area contributed by atoms with Crippen molar-refractivity contribution in [1.82, 2.24) is 20.4 Å². The van der Waals surface area contributed by atoms with Crippen LogP contribution < -0.4 is 10.6 Å². The van der Waals surface area contributed by atoms with E-state index in [0.717, 1.165) is 25.9 Å². The molecule has 0 aromatic carbocycles. The molecule has 2 aliphatic rings. The van der Waals surface area contributed by atoms with Crippen LogP contribution in [0.5, 0.6) is 0 Å². The van der Waals surface area contributed by atoms with Crippen LogP contribution in [0, 0.1) is 0 Å². The molecule has 0 bridgehead atoms. The number of amides is 2. The molecule has 2 amide bonds. The molecule has 2 rings (SSSR count). The molecule has 0 aromatic heterocycles. The first-order valence-corrected chi connectivity index (χ1v) is 7.68. The Morgan fingerprint density at radius 2 is 1.82 bits per heavy atom. The van der Waals surface area contributed by atoms with Gasteiger partial charge in [-0.3, -0.25) is 14.5 Å². The molecule has 2 fully saturated rings. The summed E-state index contributed by atoms with van der Waals surface area (Å²) in [5.41, 5.74) is 0. The SMILES string of the molecule is CCN(CC)C(=O)C1CN(C2CCNCC2)CC(=O)N1.Cl.Cl. The third-order valence-electron chi connectivity index (χ3n) is 4.30. The number of carbonyl (C=O) groups excluding carboxylic acids is 2. The van der Waals surface area contributed by atoms with Gasteiger partial charge in [0.2, 0.25) is 11.8 Å². The molecular weight excluding hydrogens is 327 g/mol. The Bertz CT molecular complexity index is 361. The fraction of sp³-hybridized carbons (Fsp3) is 0.857. The fourth-order valence-electron chi connectivity index (χ4n) is 3.11.